The summed E-state index contributed by atoms with van der Waals surface area (Å²) in [6.07, 6.45) is 0.419. The number of alkyl halides is 6. The van der Waals surface area contributed by atoms with E-state index in [4.69, 9.17) is 69.6 Å². The minimum atomic E-state index is -1.36. The maximum atomic E-state index is 10.6. The Balaban J connectivity index is 1.93. The highest BCUT2D eigenvalue weighted by Gasteiger charge is 3.00. The highest BCUT2D eigenvalue weighted by Crippen LogP contribution is 2.91. The first-order chi connectivity index (χ1) is 8.66. The van der Waals surface area contributed by atoms with E-state index in [9.17, 15) is 5.11 Å². The fourth-order valence-electron chi connectivity index (χ4n) is 6.48. The van der Waals surface area contributed by atoms with E-state index in [0.29, 0.717) is 0 Å². The highest BCUT2D eigenvalue weighted by molar-refractivity contribution is 6.63. The van der Waals surface area contributed by atoms with Crippen molar-refractivity contribution in [2.75, 3.05) is 0 Å². The summed E-state index contributed by atoms with van der Waals surface area (Å²) >= 11 is 40.5. The molecule has 0 saturated heterocycles. The van der Waals surface area contributed by atoms with Gasteiger partial charge in [-0.05, 0) is 30.1 Å². The van der Waals surface area contributed by atoms with Crippen LogP contribution in [0.15, 0.2) is 0 Å². The number of aliphatic hydroxyl groups excluding tert-OH is 1. The Morgan fingerprint density at radius 3 is 2.11 bits per heavy atom. The fourth-order valence-corrected chi connectivity index (χ4v) is 10.5. The largest absolute Gasteiger partial charge is 0.392 e. The van der Waals surface area contributed by atoms with E-state index in [1.165, 1.54) is 0 Å². The van der Waals surface area contributed by atoms with Gasteiger partial charge in [0.2, 0.25) is 0 Å². The average Bonchev–Trinajstić information content (AvgIpc) is 2.95. The number of halogens is 6. The summed E-state index contributed by atoms with van der Waals surface area (Å²) in [6.45, 7) is 0. The molecule has 0 aromatic carbocycles. The molecular formula is C12H10Cl6O. The van der Waals surface area contributed by atoms with E-state index in [-0.39, 0.29) is 29.6 Å². The molecule has 1 nitrogen and oxygen atoms in total. The monoisotopic (exact) mass is 380 g/mol. The summed E-state index contributed by atoms with van der Waals surface area (Å²) in [5.74, 6) is 0.170. The molecule has 106 valence electrons. The lowest BCUT2D eigenvalue weighted by atomic mass is 9.76. The average molecular weight is 383 g/mol. The molecule has 0 amide bonds. The highest BCUT2D eigenvalue weighted by atomic mass is 35.5. The van der Waals surface area contributed by atoms with Crippen molar-refractivity contribution in [3.05, 3.63) is 0 Å². The summed E-state index contributed by atoms with van der Waals surface area (Å²) in [7, 11) is 0. The lowest BCUT2D eigenvalue weighted by Gasteiger charge is -2.41. The van der Waals surface area contributed by atoms with E-state index < -0.39 is 30.4 Å². The van der Waals surface area contributed by atoms with Gasteiger partial charge in [0.05, 0.1) is 16.4 Å². The molecule has 1 unspecified atom stereocenters. The number of fused-ring (bicyclic) bond motifs is 5. The Hall–Kier alpha value is 1.70. The van der Waals surface area contributed by atoms with Crippen LogP contribution < -0.4 is 0 Å². The molecule has 0 aromatic rings. The van der Waals surface area contributed by atoms with Gasteiger partial charge in [0.1, 0.15) is 9.75 Å². The molecule has 0 radical (unpaired) electrons. The molecule has 7 heteroatoms. The Labute approximate surface area is 140 Å². The molecule has 0 spiro atoms. The van der Waals surface area contributed by atoms with Crippen molar-refractivity contribution in [3.8, 4) is 0 Å². The molecule has 5 fully saturated rings. The summed E-state index contributed by atoms with van der Waals surface area (Å²) in [4.78, 5) is -3.14. The second-order valence-corrected chi connectivity index (χ2v) is 10.4. The third kappa shape index (κ3) is 0.821. The van der Waals surface area contributed by atoms with Crippen molar-refractivity contribution in [1.82, 2.24) is 0 Å². The number of aliphatic hydroxyl groups is 1. The van der Waals surface area contributed by atoms with Gasteiger partial charge < -0.3 is 5.11 Å². The van der Waals surface area contributed by atoms with Gasteiger partial charge in [0.15, 0.2) is 4.33 Å². The van der Waals surface area contributed by atoms with Crippen molar-refractivity contribution in [2.24, 2.45) is 29.6 Å². The van der Waals surface area contributed by atoms with Crippen LogP contribution in [-0.2, 0) is 0 Å². The van der Waals surface area contributed by atoms with Gasteiger partial charge in [0.25, 0.3) is 0 Å². The second kappa shape index (κ2) is 3.03. The Morgan fingerprint density at radius 2 is 1.47 bits per heavy atom. The van der Waals surface area contributed by atoms with Crippen LogP contribution in [0.25, 0.3) is 0 Å². The van der Waals surface area contributed by atoms with Crippen molar-refractivity contribution in [2.45, 2.75) is 36.9 Å². The van der Waals surface area contributed by atoms with E-state index in [1.807, 2.05) is 0 Å². The summed E-state index contributed by atoms with van der Waals surface area (Å²) in [5, 5.41) is 9.93. The van der Waals surface area contributed by atoms with Crippen LogP contribution >= 0.6 is 69.6 Å². The molecule has 5 aliphatic carbocycles. The molecular weight excluding hydrogens is 373 g/mol. The lowest BCUT2D eigenvalue weighted by Crippen LogP contribution is -2.54. The van der Waals surface area contributed by atoms with Gasteiger partial charge in [0, 0.05) is 5.92 Å². The second-order valence-electron chi connectivity index (χ2n) is 6.82. The zero-order valence-electron chi connectivity index (χ0n) is 9.46. The fraction of sp³-hybridized carbons (Fsp3) is 1.00. The predicted octanol–water partition coefficient (Wildman–Crippen LogP) is 3.60. The van der Waals surface area contributed by atoms with Gasteiger partial charge in [-0.15, -0.1) is 46.4 Å². The van der Waals surface area contributed by atoms with E-state index >= 15 is 0 Å². The first kappa shape index (κ1) is 13.2. The molecule has 4 bridgehead atoms. The molecule has 5 rings (SSSR count). The third-order valence-electron chi connectivity index (χ3n) is 6.78. The number of hydrogen-bond donors (Lipinski definition) is 1. The standard InChI is InChI=1S/C12H10Cl6O/c13-8-9(14)6-2-1-3(7(6)19)4-5(2)11(9,16)12(17,18)10(4,8)15/h2-8,19H,1H2/t2-,3+,4+,5-,6?,7-,8+,9+,10+,11-/m1/s1. The molecule has 0 aromatic heterocycles. The van der Waals surface area contributed by atoms with Crippen LogP contribution in [-0.4, -0.2) is 35.5 Å². The van der Waals surface area contributed by atoms with Crippen LogP contribution in [0.1, 0.15) is 6.42 Å². The topological polar surface area (TPSA) is 20.2 Å². The predicted molar refractivity (Wildman–Crippen MR) is 77.9 cm³/mol. The Bertz CT molecular complexity index is 526. The third-order valence-corrected chi connectivity index (χ3v) is 11.8. The van der Waals surface area contributed by atoms with Crippen molar-refractivity contribution >= 4 is 69.6 Å². The molecule has 19 heavy (non-hydrogen) atoms. The maximum Gasteiger partial charge on any atom is 0.160 e. The molecule has 5 aliphatic rings. The van der Waals surface area contributed by atoms with E-state index in [1.54, 1.807) is 0 Å². The zero-order chi connectivity index (χ0) is 13.7. The zero-order valence-corrected chi connectivity index (χ0v) is 14.0. The molecule has 5 saturated carbocycles. The van der Waals surface area contributed by atoms with Crippen LogP contribution in [0.3, 0.4) is 0 Å². The molecule has 1 N–H and O–H groups in total. The van der Waals surface area contributed by atoms with Gasteiger partial charge in [-0.25, -0.2) is 0 Å². The first-order valence-corrected chi connectivity index (χ1v) is 8.76. The van der Waals surface area contributed by atoms with E-state index in [0.717, 1.165) is 6.42 Å². The minimum absolute atomic E-state index is 0.0465. The van der Waals surface area contributed by atoms with Crippen molar-refractivity contribution in [1.29, 1.82) is 0 Å². The summed E-state index contributed by atoms with van der Waals surface area (Å²) in [5.41, 5.74) is 0. The smallest absolute Gasteiger partial charge is 0.160 e. The van der Waals surface area contributed by atoms with Crippen molar-refractivity contribution < 1.29 is 5.11 Å². The van der Waals surface area contributed by atoms with Crippen LogP contribution in [0.4, 0.5) is 0 Å². The minimum Gasteiger partial charge on any atom is -0.392 e. The number of hydrogen-bond acceptors (Lipinski definition) is 1. The van der Waals surface area contributed by atoms with Crippen LogP contribution in [0.5, 0.6) is 0 Å². The quantitative estimate of drug-likeness (QED) is 0.635. The first-order valence-electron chi connectivity index (χ1n) is 6.43. The van der Waals surface area contributed by atoms with Crippen molar-refractivity contribution in [3.63, 3.8) is 0 Å². The Kier molecular flexibility index (Phi) is 2.10. The number of rotatable bonds is 0. The molecule has 10 atom stereocenters. The van der Waals surface area contributed by atoms with Crippen LogP contribution in [0.2, 0.25) is 0 Å². The van der Waals surface area contributed by atoms with Gasteiger partial charge in [-0.2, -0.15) is 0 Å². The van der Waals surface area contributed by atoms with Gasteiger partial charge in [-0.1, -0.05) is 23.2 Å². The van der Waals surface area contributed by atoms with E-state index in [2.05, 4.69) is 0 Å². The molecule has 0 heterocycles. The van der Waals surface area contributed by atoms with Crippen LogP contribution in [0, 0.1) is 29.6 Å². The SMILES string of the molecule is O[C@H]1C2[C@@H]3C[C@H]1[C@H]1[C@@H]3[C@]3(Cl)C(Cl)(Cl)[C@@]1(Cl)[C@@H](Cl)[C@@]23Cl. The Morgan fingerprint density at radius 1 is 0.842 bits per heavy atom. The normalized spacial score (nSPS) is 77.5. The van der Waals surface area contributed by atoms with Gasteiger partial charge >= 0.3 is 0 Å². The molecule has 0 aliphatic heterocycles. The summed E-state index contributed by atoms with van der Waals surface area (Å²) < 4.78 is -1.36. The van der Waals surface area contributed by atoms with Gasteiger partial charge in [-0.3, -0.25) is 0 Å². The lowest BCUT2D eigenvalue weighted by molar-refractivity contribution is 0.0369. The maximum absolute atomic E-state index is 10.6. The summed E-state index contributed by atoms with van der Waals surface area (Å²) in [6, 6.07) is 0.